The van der Waals surface area contributed by atoms with E-state index in [1.54, 1.807) is 6.33 Å². The molecule has 0 amide bonds. The maximum atomic E-state index is 6.10. The SMILES string of the molecule is Cc1ccccc1C1CN(c2ncnc3sc4c(c23)CCC4)CCO1. The number of fused-ring (bicyclic) bond motifs is 3. The molecule has 2 aromatic heterocycles. The van der Waals surface area contributed by atoms with Crippen molar-refractivity contribution in [2.75, 3.05) is 24.6 Å². The molecule has 1 atom stereocenters. The Balaban J connectivity index is 1.53. The van der Waals surface area contributed by atoms with Gasteiger partial charge in [0.25, 0.3) is 0 Å². The van der Waals surface area contributed by atoms with Gasteiger partial charge in [-0.3, -0.25) is 0 Å². The van der Waals surface area contributed by atoms with Crippen molar-refractivity contribution in [3.63, 3.8) is 0 Å². The molecule has 25 heavy (non-hydrogen) atoms. The number of aryl methyl sites for hydroxylation is 3. The van der Waals surface area contributed by atoms with E-state index in [9.17, 15) is 0 Å². The molecule has 1 unspecified atom stereocenters. The van der Waals surface area contributed by atoms with Gasteiger partial charge in [-0.1, -0.05) is 24.3 Å². The predicted octanol–water partition coefficient (Wildman–Crippen LogP) is 4.07. The van der Waals surface area contributed by atoms with Gasteiger partial charge < -0.3 is 9.64 Å². The van der Waals surface area contributed by atoms with Crippen LogP contribution in [-0.2, 0) is 17.6 Å². The molecule has 128 valence electrons. The molecule has 1 aliphatic heterocycles. The lowest BCUT2D eigenvalue weighted by Gasteiger charge is -2.35. The minimum Gasteiger partial charge on any atom is -0.370 e. The van der Waals surface area contributed by atoms with Crippen molar-refractivity contribution in [2.45, 2.75) is 32.3 Å². The fourth-order valence-corrected chi connectivity index (χ4v) is 5.35. The summed E-state index contributed by atoms with van der Waals surface area (Å²) >= 11 is 1.86. The van der Waals surface area contributed by atoms with E-state index >= 15 is 0 Å². The van der Waals surface area contributed by atoms with E-state index in [4.69, 9.17) is 9.72 Å². The molecule has 0 bridgehead atoms. The Morgan fingerprint density at radius 1 is 1.20 bits per heavy atom. The number of aromatic nitrogens is 2. The van der Waals surface area contributed by atoms with Gasteiger partial charge in [0.15, 0.2) is 0 Å². The summed E-state index contributed by atoms with van der Waals surface area (Å²) in [6, 6.07) is 8.52. The largest absolute Gasteiger partial charge is 0.370 e. The minimum absolute atomic E-state index is 0.103. The van der Waals surface area contributed by atoms with E-state index in [0.29, 0.717) is 0 Å². The van der Waals surface area contributed by atoms with Crippen LogP contribution in [0.4, 0.5) is 5.82 Å². The van der Waals surface area contributed by atoms with Crippen molar-refractivity contribution in [1.82, 2.24) is 9.97 Å². The van der Waals surface area contributed by atoms with Crippen LogP contribution >= 0.6 is 11.3 Å². The molecule has 0 spiro atoms. The quantitative estimate of drug-likeness (QED) is 0.698. The molecule has 5 rings (SSSR count). The Morgan fingerprint density at radius 2 is 2.12 bits per heavy atom. The number of hydrogen-bond donors (Lipinski definition) is 0. The highest BCUT2D eigenvalue weighted by Gasteiger charge is 2.28. The second-order valence-corrected chi connectivity index (χ2v) is 7.98. The molecule has 1 aliphatic carbocycles. The first-order chi connectivity index (χ1) is 12.3. The second kappa shape index (κ2) is 6.07. The molecule has 3 heterocycles. The summed E-state index contributed by atoms with van der Waals surface area (Å²) in [7, 11) is 0. The maximum absolute atomic E-state index is 6.10. The number of ether oxygens (including phenoxy) is 1. The van der Waals surface area contributed by atoms with Crippen molar-refractivity contribution >= 4 is 27.4 Å². The zero-order valence-electron chi connectivity index (χ0n) is 14.4. The molecule has 0 N–H and O–H groups in total. The Morgan fingerprint density at radius 3 is 3.04 bits per heavy atom. The molecule has 0 saturated carbocycles. The highest BCUT2D eigenvalue weighted by Crippen LogP contribution is 2.41. The molecule has 1 fully saturated rings. The third-order valence-corrected chi connectivity index (χ3v) is 6.58. The van der Waals surface area contributed by atoms with Crippen molar-refractivity contribution in [3.05, 3.63) is 52.2 Å². The molecule has 2 aliphatic rings. The van der Waals surface area contributed by atoms with E-state index in [1.807, 2.05) is 11.3 Å². The van der Waals surface area contributed by atoms with Gasteiger partial charge in [0.05, 0.1) is 12.0 Å². The zero-order chi connectivity index (χ0) is 16.8. The van der Waals surface area contributed by atoms with Crippen LogP contribution in [0, 0.1) is 6.92 Å². The third-order valence-electron chi connectivity index (χ3n) is 5.38. The van der Waals surface area contributed by atoms with Crippen LogP contribution in [0.15, 0.2) is 30.6 Å². The van der Waals surface area contributed by atoms with Crippen molar-refractivity contribution < 1.29 is 4.74 Å². The predicted molar refractivity (Wildman–Crippen MR) is 102 cm³/mol. The summed E-state index contributed by atoms with van der Waals surface area (Å²) < 4.78 is 6.10. The topological polar surface area (TPSA) is 38.2 Å². The average Bonchev–Trinajstić information content (AvgIpc) is 3.23. The van der Waals surface area contributed by atoms with Crippen LogP contribution in [0.3, 0.4) is 0 Å². The number of anilines is 1. The third kappa shape index (κ3) is 2.53. The molecule has 4 nitrogen and oxygen atoms in total. The van der Waals surface area contributed by atoms with Crippen molar-refractivity contribution in [3.8, 4) is 0 Å². The molecular formula is C20H21N3OS. The van der Waals surface area contributed by atoms with Gasteiger partial charge in [-0.2, -0.15) is 0 Å². The fourth-order valence-electron chi connectivity index (χ4n) is 4.13. The molecule has 1 aromatic carbocycles. The molecule has 5 heteroatoms. The maximum Gasteiger partial charge on any atom is 0.141 e. The summed E-state index contributed by atoms with van der Waals surface area (Å²) in [6.45, 7) is 4.63. The monoisotopic (exact) mass is 351 g/mol. The first-order valence-corrected chi connectivity index (χ1v) is 9.80. The number of rotatable bonds is 2. The molecule has 1 saturated heterocycles. The normalized spacial score (nSPS) is 20.2. The van der Waals surface area contributed by atoms with Crippen LogP contribution in [0.25, 0.3) is 10.2 Å². The van der Waals surface area contributed by atoms with Crippen molar-refractivity contribution in [1.29, 1.82) is 0 Å². The highest BCUT2D eigenvalue weighted by atomic mass is 32.1. The second-order valence-electron chi connectivity index (χ2n) is 6.90. The van der Waals surface area contributed by atoms with Gasteiger partial charge in [-0.05, 0) is 42.9 Å². The average molecular weight is 351 g/mol. The van der Waals surface area contributed by atoms with Gasteiger partial charge in [-0.15, -0.1) is 11.3 Å². The van der Waals surface area contributed by atoms with E-state index in [1.165, 1.54) is 46.2 Å². The molecular weight excluding hydrogens is 330 g/mol. The summed E-state index contributed by atoms with van der Waals surface area (Å²) in [4.78, 5) is 14.3. The standard InChI is InChI=1S/C20H21N3OS/c1-13-5-2-3-6-14(13)16-11-23(9-10-24-16)19-18-15-7-4-8-17(15)25-20(18)22-12-21-19/h2-3,5-6,12,16H,4,7-11H2,1H3. The van der Waals surface area contributed by atoms with Crippen LogP contribution in [0.5, 0.6) is 0 Å². The Labute approximate surface area is 151 Å². The van der Waals surface area contributed by atoms with E-state index in [2.05, 4.69) is 41.1 Å². The lowest BCUT2D eigenvalue weighted by atomic mass is 10.0. The highest BCUT2D eigenvalue weighted by molar-refractivity contribution is 7.19. The number of nitrogens with zero attached hydrogens (tertiary/aromatic N) is 3. The van der Waals surface area contributed by atoms with Crippen molar-refractivity contribution in [2.24, 2.45) is 0 Å². The minimum atomic E-state index is 0.103. The van der Waals surface area contributed by atoms with Gasteiger partial charge in [-0.25, -0.2) is 9.97 Å². The number of benzene rings is 1. The number of thiophene rings is 1. The first-order valence-electron chi connectivity index (χ1n) is 8.98. The summed E-state index contributed by atoms with van der Waals surface area (Å²) in [6.07, 6.45) is 5.46. The molecule has 3 aromatic rings. The fraction of sp³-hybridized carbons (Fsp3) is 0.400. The van der Waals surface area contributed by atoms with E-state index in [-0.39, 0.29) is 6.10 Å². The summed E-state index contributed by atoms with van der Waals surface area (Å²) in [5.41, 5.74) is 4.07. The molecule has 0 radical (unpaired) electrons. The lowest BCUT2D eigenvalue weighted by Crippen LogP contribution is -2.39. The van der Waals surface area contributed by atoms with Crippen LogP contribution in [0.1, 0.15) is 34.1 Å². The van der Waals surface area contributed by atoms with Crippen LogP contribution in [-0.4, -0.2) is 29.7 Å². The Bertz CT molecular complexity index is 936. The zero-order valence-corrected chi connectivity index (χ0v) is 15.2. The van der Waals surface area contributed by atoms with Gasteiger partial charge in [0.2, 0.25) is 0 Å². The van der Waals surface area contributed by atoms with Crippen LogP contribution in [0.2, 0.25) is 0 Å². The van der Waals surface area contributed by atoms with Gasteiger partial charge in [0.1, 0.15) is 23.1 Å². The van der Waals surface area contributed by atoms with Gasteiger partial charge >= 0.3 is 0 Å². The van der Waals surface area contributed by atoms with Crippen LogP contribution < -0.4 is 4.90 Å². The Kier molecular flexibility index (Phi) is 3.71. The van der Waals surface area contributed by atoms with Gasteiger partial charge in [0, 0.05) is 18.0 Å². The van der Waals surface area contributed by atoms with E-state index in [0.717, 1.165) is 30.3 Å². The number of morpholine rings is 1. The summed E-state index contributed by atoms with van der Waals surface area (Å²) in [5.74, 6) is 1.10. The lowest BCUT2D eigenvalue weighted by molar-refractivity contribution is 0.0392. The first kappa shape index (κ1) is 15.3. The summed E-state index contributed by atoms with van der Waals surface area (Å²) in [5, 5.41) is 1.30. The Hall–Kier alpha value is -1.98. The number of hydrogen-bond acceptors (Lipinski definition) is 5. The van der Waals surface area contributed by atoms with E-state index < -0.39 is 0 Å². The smallest absolute Gasteiger partial charge is 0.141 e.